The van der Waals surface area contributed by atoms with Crippen molar-refractivity contribution >= 4 is 11.6 Å². The number of benzene rings is 1. The minimum Gasteiger partial charge on any atom is -0.321 e. The van der Waals surface area contributed by atoms with Crippen molar-refractivity contribution in [1.82, 2.24) is 0 Å². The van der Waals surface area contributed by atoms with Crippen molar-refractivity contribution in [2.75, 3.05) is 0 Å². The second-order valence-corrected chi connectivity index (χ2v) is 4.87. The normalized spacial score (nSPS) is 30.0. The smallest absolute Gasteiger partial charge is 0.124 e. The number of halogens is 2. The van der Waals surface area contributed by atoms with Crippen molar-refractivity contribution in [3.63, 3.8) is 0 Å². The number of hydrogen-bond donors (Lipinski definition) is 1. The molecule has 0 amide bonds. The van der Waals surface area contributed by atoms with Crippen LogP contribution in [0.1, 0.15) is 31.7 Å². The van der Waals surface area contributed by atoms with Crippen LogP contribution < -0.4 is 5.73 Å². The van der Waals surface area contributed by atoms with E-state index in [2.05, 4.69) is 6.92 Å². The number of rotatable bonds is 2. The first kappa shape index (κ1) is 10.9. The number of hydrogen-bond acceptors (Lipinski definition) is 1. The summed E-state index contributed by atoms with van der Waals surface area (Å²) in [6.45, 7) is 2.16. The van der Waals surface area contributed by atoms with Gasteiger partial charge in [0.1, 0.15) is 5.82 Å². The molecule has 2 rings (SSSR count). The van der Waals surface area contributed by atoms with Gasteiger partial charge in [0, 0.05) is 10.6 Å². The highest BCUT2D eigenvalue weighted by molar-refractivity contribution is 6.31. The highest BCUT2D eigenvalue weighted by Crippen LogP contribution is 2.46. The van der Waals surface area contributed by atoms with E-state index in [1.165, 1.54) is 12.1 Å². The summed E-state index contributed by atoms with van der Waals surface area (Å²) in [4.78, 5) is 0. The average molecular weight is 228 g/mol. The first-order valence-corrected chi connectivity index (χ1v) is 5.67. The van der Waals surface area contributed by atoms with E-state index in [9.17, 15) is 4.39 Å². The molecule has 82 valence electrons. The fourth-order valence-corrected chi connectivity index (χ4v) is 2.73. The number of nitrogens with two attached hydrogens (primary N) is 1. The summed E-state index contributed by atoms with van der Waals surface area (Å²) in [7, 11) is 0. The molecule has 1 fully saturated rings. The van der Waals surface area contributed by atoms with Gasteiger partial charge in [0.25, 0.3) is 0 Å². The van der Waals surface area contributed by atoms with Gasteiger partial charge in [0.05, 0.1) is 0 Å². The van der Waals surface area contributed by atoms with Crippen LogP contribution in [0.25, 0.3) is 0 Å². The van der Waals surface area contributed by atoms with Crippen molar-refractivity contribution in [2.45, 2.75) is 31.7 Å². The van der Waals surface area contributed by atoms with E-state index in [1.807, 2.05) is 0 Å². The van der Waals surface area contributed by atoms with Crippen LogP contribution in [0.5, 0.6) is 0 Å². The molecule has 0 saturated heterocycles. The molecule has 1 saturated carbocycles. The topological polar surface area (TPSA) is 26.0 Å². The van der Waals surface area contributed by atoms with Gasteiger partial charge in [0.2, 0.25) is 0 Å². The minimum atomic E-state index is -0.328. The molecule has 0 bridgehead atoms. The van der Waals surface area contributed by atoms with Gasteiger partial charge in [-0.1, -0.05) is 31.0 Å². The second kappa shape index (κ2) is 3.76. The van der Waals surface area contributed by atoms with Crippen LogP contribution in [0, 0.1) is 11.7 Å². The van der Waals surface area contributed by atoms with Gasteiger partial charge in [-0.15, -0.1) is 0 Å². The third-order valence-electron chi connectivity index (χ3n) is 3.35. The van der Waals surface area contributed by atoms with E-state index in [-0.39, 0.29) is 11.4 Å². The highest BCUT2D eigenvalue weighted by Gasteiger charge is 2.42. The molecular formula is C12H15ClFN. The average Bonchev–Trinajstić information content (AvgIpc) is 2.12. The fourth-order valence-electron chi connectivity index (χ4n) is 2.37. The Hall–Kier alpha value is -0.600. The lowest BCUT2D eigenvalue weighted by Crippen LogP contribution is -2.48. The zero-order valence-electron chi connectivity index (χ0n) is 8.76. The minimum absolute atomic E-state index is 0.307. The molecule has 0 atom stereocenters. The van der Waals surface area contributed by atoms with Crippen molar-refractivity contribution in [3.8, 4) is 0 Å². The Morgan fingerprint density at radius 2 is 2.20 bits per heavy atom. The molecule has 0 heterocycles. The molecule has 0 aromatic heterocycles. The first-order chi connectivity index (χ1) is 7.05. The van der Waals surface area contributed by atoms with Crippen molar-refractivity contribution in [3.05, 3.63) is 34.6 Å². The van der Waals surface area contributed by atoms with Gasteiger partial charge in [-0.2, -0.15) is 0 Å². The summed E-state index contributed by atoms with van der Waals surface area (Å²) in [5.41, 5.74) is 6.79. The van der Waals surface area contributed by atoms with Crippen molar-refractivity contribution < 1.29 is 4.39 Å². The van der Waals surface area contributed by atoms with Gasteiger partial charge in [-0.3, -0.25) is 0 Å². The Morgan fingerprint density at radius 1 is 1.53 bits per heavy atom. The predicted molar refractivity (Wildman–Crippen MR) is 60.3 cm³/mol. The van der Waals surface area contributed by atoms with Crippen LogP contribution in [-0.2, 0) is 5.54 Å². The molecular weight excluding hydrogens is 213 g/mol. The van der Waals surface area contributed by atoms with E-state index in [0.29, 0.717) is 10.9 Å². The van der Waals surface area contributed by atoms with E-state index in [1.54, 1.807) is 6.07 Å². The predicted octanol–water partition coefficient (Wildman–Crippen LogP) is 3.45. The Bertz CT molecular complexity index is 372. The molecule has 0 radical (unpaired) electrons. The highest BCUT2D eigenvalue weighted by atomic mass is 35.5. The van der Waals surface area contributed by atoms with E-state index in [4.69, 9.17) is 17.3 Å². The maximum atomic E-state index is 12.9. The molecule has 1 aliphatic carbocycles. The molecule has 1 nitrogen and oxygen atoms in total. The third kappa shape index (κ3) is 1.88. The van der Waals surface area contributed by atoms with Crippen LogP contribution >= 0.6 is 11.6 Å². The maximum absolute atomic E-state index is 12.9. The molecule has 2 N–H and O–H groups in total. The summed E-state index contributed by atoms with van der Waals surface area (Å²) in [6, 6.07) is 4.48. The zero-order chi connectivity index (χ0) is 11.1. The van der Waals surface area contributed by atoms with Crippen LogP contribution in [0.3, 0.4) is 0 Å². The molecule has 1 aromatic rings. The molecule has 15 heavy (non-hydrogen) atoms. The summed E-state index contributed by atoms with van der Waals surface area (Å²) in [5, 5.41) is 0.451. The van der Waals surface area contributed by atoms with Crippen molar-refractivity contribution in [1.29, 1.82) is 0 Å². The summed E-state index contributed by atoms with van der Waals surface area (Å²) in [6.07, 6.45) is 3.06. The van der Waals surface area contributed by atoms with Gasteiger partial charge < -0.3 is 5.73 Å². The summed E-state index contributed by atoms with van der Waals surface area (Å²) < 4.78 is 12.9. The molecule has 0 spiro atoms. The van der Waals surface area contributed by atoms with E-state index in [0.717, 1.165) is 24.8 Å². The Morgan fingerprint density at radius 3 is 2.73 bits per heavy atom. The lowest BCUT2D eigenvalue weighted by atomic mass is 9.64. The quantitative estimate of drug-likeness (QED) is 0.823. The van der Waals surface area contributed by atoms with E-state index < -0.39 is 0 Å². The Labute approximate surface area is 94.4 Å². The SMILES string of the molecule is CCC1CC(N)(c2ccc(F)cc2Cl)C1. The monoisotopic (exact) mass is 227 g/mol. The second-order valence-electron chi connectivity index (χ2n) is 4.46. The van der Waals surface area contributed by atoms with Gasteiger partial charge in [-0.25, -0.2) is 4.39 Å². The zero-order valence-corrected chi connectivity index (χ0v) is 9.52. The van der Waals surface area contributed by atoms with Crippen LogP contribution in [0.15, 0.2) is 18.2 Å². The maximum Gasteiger partial charge on any atom is 0.124 e. The van der Waals surface area contributed by atoms with Crippen molar-refractivity contribution in [2.24, 2.45) is 11.7 Å². The lowest BCUT2D eigenvalue weighted by molar-refractivity contribution is 0.143. The molecule has 1 aliphatic rings. The van der Waals surface area contributed by atoms with Gasteiger partial charge >= 0.3 is 0 Å². The molecule has 3 heteroatoms. The van der Waals surface area contributed by atoms with Crippen LogP contribution in [0.2, 0.25) is 5.02 Å². The fraction of sp³-hybridized carbons (Fsp3) is 0.500. The molecule has 0 unspecified atom stereocenters. The third-order valence-corrected chi connectivity index (χ3v) is 3.66. The Balaban J connectivity index is 2.24. The first-order valence-electron chi connectivity index (χ1n) is 5.29. The molecule has 0 aliphatic heterocycles. The summed E-state index contributed by atoms with van der Waals surface area (Å²) in [5.74, 6) is 0.384. The van der Waals surface area contributed by atoms with E-state index >= 15 is 0 Å². The lowest BCUT2D eigenvalue weighted by Gasteiger charge is -2.45. The largest absolute Gasteiger partial charge is 0.321 e. The van der Waals surface area contributed by atoms with Crippen LogP contribution in [0.4, 0.5) is 4.39 Å². The van der Waals surface area contributed by atoms with Crippen LogP contribution in [-0.4, -0.2) is 0 Å². The van der Waals surface area contributed by atoms with Gasteiger partial charge in [0.15, 0.2) is 0 Å². The standard InChI is InChI=1S/C12H15ClFN/c1-2-8-6-12(15,7-8)10-4-3-9(14)5-11(10)13/h3-5,8H,2,6-7,15H2,1H3. The summed E-state index contributed by atoms with van der Waals surface area (Å²) >= 11 is 6.00. The Kier molecular flexibility index (Phi) is 2.73. The van der Waals surface area contributed by atoms with Gasteiger partial charge in [-0.05, 0) is 36.5 Å². The molecule has 1 aromatic carbocycles.